The van der Waals surface area contributed by atoms with Crippen LogP contribution in [0.5, 0.6) is 0 Å². The van der Waals surface area contributed by atoms with Crippen molar-refractivity contribution in [3.05, 3.63) is 140 Å². The fraction of sp³-hybridized carbons (Fsp3) is 0.518. The Balaban J connectivity index is 0.000000204. The monoisotopic (exact) mass is 1810 g/mol. The van der Waals surface area contributed by atoms with Crippen LogP contribution in [0.4, 0.5) is 63.4 Å². The lowest BCUT2D eigenvalue weighted by molar-refractivity contribution is 0.0301. The van der Waals surface area contributed by atoms with Crippen LogP contribution >= 0.6 is 31.9 Å². The van der Waals surface area contributed by atoms with Gasteiger partial charge in [0.2, 0.25) is 5.95 Å². The van der Waals surface area contributed by atoms with Crippen molar-refractivity contribution in [2.24, 2.45) is 5.73 Å². The molecule has 122 heavy (non-hydrogen) atoms. The summed E-state index contributed by atoms with van der Waals surface area (Å²) in [6.45, 7) is 32.9. The van der Waals surface area contributed by atoms with Gasteiger partial charge in [-0.15, -0.1) is 0 Å². The number of carbonyl (C=O) groups is 7. The van der Waals surface area contributed by atoms with Crippen molar-refractivity contribution >= 4 is 114 Å². The normalized spacial score (nSPS) is 17.9. The molecule has 37 heteroatoms. The molecule has 6 aliphatic rings. The van der Waals surface area contributed by atoms with Gasteiger partial charge in [-0.25, -0.2) is 44.1 Å². The average Bonchev–Trinajstić information content (AvgIpc) is 0.816. The molecule has 4 aromatic heterocycles. The van der Waals surface area contributed by atoms with Crippen LogP contribution in [-0.4, -0.2) is 228 Å². The molecular weight excluding hydrogens is 1700 g/mol. The number of morpholine rings is 2. The fourth-order valence-electron chi connectivity index (χ4n) is 13.3. The molecule has 6 fully saturated rings. The molecule has 656 valence electrons. The third-order valence-corrected chi connectivity index (χ3v) is 19.9. The first kappa shape index (κ1) is 96.2. The van der Waals surface area contributed by atoms with Crippen LogP contribution in [0.1, 0.15) is 183 Å². The van der Waals surface area contributed by atoms with E-state index < -0.39 is 46.4 Å². The molecular formula is C85H112Br2FN21O13. The number of amides is 7. The molecule has 0 radical (unpaired) electrons. The summed E-state index contributed by atoms with van der Waals surface area (Å²) in [6, 6.07) is 25.9. The average molecular weight is 1810 g/mol. The number of aromatic nitrogens is 5. The van der Waals surface area contributed by atoms with Gasteiger partial charge >= 0.3 is 24.4 Å². The Morgan fingerprint density at radius 3 is 1.21 bits per heavy atom. The number of hydrogen-bond acceptors (Lipinski definition) is 27. The number of nitrogens with one attached hydrogen (secondary N) is 7. The Labute approximate surface area is 728 Å². The van der Waals surface area contributed by atoms with Gasteiger partial charge in [0, 0.05) is 119 Å². The first-order valence-corrected chi connectivity index (χ1v) is 42.1. The number of benzene rings is 2. The van der Waals surface area contributed by atoms with E-state index in [-0.39, 0.29) is 69.9 Å². The summed E-state index contributed by atoms with van der Waals surface area (Å²) in [5.74, 6) is -1.41. The Kier molecular flexibility index (Phi) is 35.9. The van der Waals surface area contributed by atoms with Crippen molar-refractivity contribution in [1.82, 2.24) is 61.3 Å². The molecule has 6 saturated heterocycles. The third kappa shape index (κ3) is 32.6. The van der Waals surface area contributed by atoms with Gasteiger partial charge in [0.1, 0.15) is 45.2 Å². The second kappa shape index (κ2) is 45.5. The van der Waals surface area contributed by atoms with Crippen LogP contribution in [0.2, 0.25) is 0 Å². The second-order valence-corrected chi connectivity index (χ2v) is 35.0. The molecule has 34 nitrogen and oxygen atoms in total. The number of nitriles is 3. The van der Waals surface area contributed by atoms with Gasteiger partial charge in [-0.05, 0) is 240 Å². The number of halogens is 3. The summed E-state index contributed by atoms with van der Waals surface area (Å²) in [4.78, 5) is 115. The van der Waals surface area contributed by atoms with Crippen molar-refractivity contribution in [2.75, 3.05) is 130 Å². The molecule has 6 aromatic rings. The van der Waals surface area contributed by atoms with Gasteiger partial charge < -0.3 is 95.9 Å². The predicted molar refractivity (Wildman–Crippen MR) is 465 cm³/mol. The Hall–Kier alpha value is -11.3. The van der Waals surface area contributed by atoms with E-state index in [1.54, 1.807) is 70.9 Å². The number of piperidine rings is 4. The highest BCUT2D eigenvalue weighted by Crippen LogP contribution is 2.32. The van der Waals surface area contributed by atoms with Crippen molar-refractivity contribution < 1.29 is 66.4 Å². The molecule has 7 amide bonds. The Morgan fingerprint density at radius 2 is 0.844 bits per heavy atom. The minimum absolute atomic E-state index is 0.0177. The van der Waals surface area contributed by atoms with Crippen LogP contribution < -0.4 is 57.7 Å². The summed E-state index contributed by atoms with van der Waals surface area (Å²) in [7, 11) is 0. The highest BCUT2D eigenvalue weighted by molar-refractivity contribution is 9.10. The summed E-state index contributed by atoms with van der Waals surface area (Å²) < 4.78 is 44.9. The van der Waals surface area contributed by atoms with E-state index in [0.29, 0.717) is 111 Å². The van der Waals surface area contributed by atoms with Crippen molar-refractivity contribution in [3.63, 3.8) is 0 Å². The van der Waals surface area contributed by atoms with Crippen LogP contribution in [0.15, 0.2) is 101 Å². The lowest BCUT2D eigenvalue weighted by atomic mass is 10.1. The number of alkyl carbamates (subject to hydrolysis) is 4. The highest BCUT2D eigenvalue weighted by atomic mass is 79.9. The molecule has 2 aromatic carbocycles. The number of nitrogens with zero attached hydrogens (tertiary/aromatic N) is 13. The number of anilines is 7. The molecule has 0 unspecified atom stereocenters. The first-order chi connectivity index (χ1) is 57.8. The van der Waals surface area contributed by atoms with Gasteiger partial charge in [-0.1, -0.05) is 0 Å². The topological polar surface area (TPSA) is 437 Å². The Bertz CT molecular complexity index is 4660. The zero-order valence-corrected chi connectivity index (χ0v) is 74.4. The number of nitrogens with two attached hydrogens (primary N) is 1. The highest BCUT2D eigenvalue weighted by Gasteiger charge is 2.31. The van der Waals surface area contributed by atoms with E-state index in [1.807, 2.05) is 119 Å². The minimum atomic E-state index is -0.703. The molecule has 0 aliphatic carbocycles. The number of rotatable bonds is 14. The second-order valence-electron chi connectivity index (χ2n) is 33.4. The van der Waals surface area contributed by atoms with E-state index in [2.05, 4.69) is 115 Å². The van der Waals surface area contributed by atoms with E-state index in [0.717, 1.165) is 113 Å². The van der Waals surface area contributed by atoms with E-state index >= 15 is 0 Å². The Morgan fingerprint density at radius 1 is 0.484 bits per heavy atom. The van der Waals surface area contributed by atoms with Gasteiger partial charge in [0.15, 0.2) is 22.8 Å². The summed E-state index contributed by atoms with van der Waals surface area (Å²) >= 11 is 6.23. The van der Waals surface area contributed by atoms with Gasteiger partial charge in [0.05, 0.1) is 84.1 Å². The molecule has 9 N–H and O–H groups in total. The van der Waals surface area contributed by atoms with Crippen molar-refractivity contribution in [3.8, 4) is 18.2 Å². The number of hydrogen-bond donors (Lipinski definition) is 8. The molecule has 0 saturated carbocycles. The minimum Gasteiger partial charge on any atom is -0.444 e. The molecule has 6 aliphatic heterocycles. The first-order valence-electron chi connectivity index (χ1n) is 40.6. The standard InChI is InChI=1S/C27H36N6O5.C27H34N6O4.C16H21BrN4O2.C10H20N2O2.C5HBrFN3/c1-27(2,3)38-26(36)31-20-5-4-10-33(17-20)21-15-22(23(24(28)34)29-16-21)30-19-8-6-18(7-9-19)25(35)32-11-13-37-14-12-32;1-27(2,3)37-26(35)31-21-5-4-10-33(18-21)22-15-23(24(16-28)29-17-22)30-20-8-6-19(7-9-20)25(34)32-11-13-36-14-12-32;1-16(2,3)23-15(22)20-11-5-4-6-21(10-11)12-7-13(17)14(8-18)19-9-12;1-10(2,3)14-9(13)12-8-5-4-6-11-7-8;6-5-3(1-8)9-2-4(7)10-5/h6-9,15-16,20,30H,4-5,10-14,17H2,1-3H3,(H2,28,34)(H,31,36);6-9,15,17,21,30H,4-5,10-14,18H2,1-3H3,(H,31,35);7,9,11H,4-6,10H2,1-3H3,(H,20,22);8,11H,4-7H2,1-3H3,(H,12,13);2H/t20-;21-;11-;8-;/m1111./s1. The van der Waals surface area contributed by atoms with E-state index in [9.17, 15) is 43.2 Å². The quantitative estimate of drug-likeness (QED) is 0.0470. The van der Waals surface area contributed by atoms with Gasteiger partial charge in [-0.2, -0.15) is 20.2 Å². The molecule has 0 spiro atoms. The summed E-state index contributed by atoms with van der Waals surface area (Å²) in [6.07, 6.45) is 11.8. The molecule has 4 atom stereocenters. The van der Waals surface area contributed by atoms with E-state index in [4.69, 9.17) is 44.7 Å². The maximum absolute atomic E-state index is 12.7. The largest absolute Gasteiger partial charge is 0.444 e. The SMILES string of the molecule is CC(C)(C)OC(=O)N[C@@H]1CCCN(c2cnc(C#N)c(Br)c2)C1.CC(C)(C)OC(=O)N[C@@H]1CCCN(c2cnc(C#N)c(Nc3ccc(C(=O)N4CCOCC4)cc3)c2)C1.CC(C)(C)OC(=O)N[C@@H]1CCCN(c2cnc(C(N)=O)c(Nc3ccc(C(=O)N4CCOCC4)cc3)c2)C1.CC(C)(C)OC(=O)N[C@@H]1CCCNC1.N#Cc1ncc(F)nc1Br. The van der Waals surface area contributed by atoms with Crippen LogP contribution in [0.3, 0.4) is 0 Å². The maximum Gasteiger partial charge on any atom is 0.407 e. The van der Waals surface area contributed by atoms with Crippen molar-refractivity contribution in [1.29, 1.82) is 15.8 Å². The zero-order chi connectivity index (χ0) is 88.9. The van der Waals surface area contributed by atoms with Crippen molar-refractivity contribution in [2.45, 2.75) is 181 Å². The van der Waals surface area contributed by atoms with Crippen LogP contribution in [0.25, 0.3) is 0 Å². The third-order valence-electron chi connectivity index (χ3n) is 18.8. The summed E-state index contributed by atoms with van der Waals surface area (Å²) in [5.41, 5.74) is 10.7. The number of pyridine rings is 3. The zero-order valence-electron chi connectivity index (χ0n) is 71.3. The fourth-order valence-corrected chi connectivity index (χ4v) is 14.1. The van der Waals surface area contributed by atoms with Gasteiger partial charge in [-0.3, -0.25) is 14.4 Å². The lowest BCUT2D eigenvalue weighted by Crippen LogP contribution is -2.49. The maximum atomic E-state index is 12.7. The lowest BCUT2D eigenvalue weighted by Gasteiger charge is -2.35. The van der Waals surface area contributed by atoms with Gasteiger partial charge in [0.25, 0.3) is 17.7 Å². The predicted octanol–water partition coefficient (Wildman–Crippen LogP) is 12.3. The molecule has 0 bridgehead atoms. The smallest absolute Gasteiger partial charge is 0.407 e. The van der Waals surface area contributed by atoms with E-state index in [1.165, 1.54) is 0 Å². The summed E-state index contributed by atoms with van der Waals surface area (Å²) in [5, 5.41) is 48.3. The van der Waals surface area contributed by atoms with Crippen LogP contribution in [-0.2, 0) is 28.4 Å². The molecule has 12 rings (SSSR count). The number of primary amides is 1. The molecule has 10 heterocycles. The number of carbonyl (C=O) groups excluding carboxylic acids is 7. The van der Waals surface area contributed by atoms with Crippen LogP contribution in [0, 0.1) is 39.9 Å². The number of ether oxygens (including phenoxy) is 6.